The Morgan fingerprint density at radius 2 is 1.72 bits per heavy atom. The second kappa shape index (κ2) is 5.16. The van der Waals surface area contributed by atoms with E-state index in [0.29, 0.717) is 54.9 Å². The van der Waals surface area contributed by atoms with Crippen molar-refractivity contribution in [2.24, 2.45) is 34.5 Å². The summed E-state index contributed by atoms with van der Waals surface area (Å²) >= 11 is 0. The summed E-state index contributed by atoms with van der Waals surface area (Å²) in [6.45, 7) is 5.92. The van der Waals surface area contributed by atoms with Crippen molar-refractivity contribution in [2.45, 2.75) is 71.0 Å². The first kappa shape index (κ1) is 16.4. The maximum absolute atomic E-state index is 12.7. The zero-order valence-electron chi connectivity index (χ0n) is 15.5. The lowest BCUT2D eigenvalue weighted by molar-refractivity contribution is -0.292. The molecule has 4 aliphatic carbocycles. The Balaban J connectivity index is 1.60. The summed E-state index contributed by atoms with van der Waals surface area (Å²) in [7, 11) is 0. The zero-order chi connectivity index (χ0) is 17.4. The highest BCUT2D eigenvalue weighted by molar-refractivity contribution is 5.87. The van der Waals surface area contributed by atoms with Gasteiger partial charge >= 0.3 is 0 Å². The molecule has 1 aliphatic heterocycles. The quantitative estimate of drug-likeness (QED) is 0.673. The first-order valence-electron chi connectivity index (χ1n) is 10.2. The van der Waals surface area contributed by atoms with Gasteiger partial charge in [0.25, 0.3) is 0 Å². The first-order valence-corrected chi connectivity index (χ1v) is 10.2. The second-order valence-electron chi connectivity index (χ2n) is 9.82. The summed E-state index contributed by atoms with van der Waals surface area (Å²) in [5.74, 6) is 1.91. The molecular weight excluding hydrogens is 316 g/mol. The molecule has 25 heavy (non-hydrogen) atoms. The Bertz CT molecular complexity index is 621. The van der Waals surface area contributed by atoms with Crippen LogP contribution in [0.3, 0.4) is 0 Å². The topological polar surface area (TPSA) is 52.6 Å². The fourth-order valence-electron chi connectivity index (χ4n) is 7.54. The van der Waals surface area contributed by atoms with E-state index in [1.807, 2.05) is 0 Å². The van der Waals surface area contributed by atoms with Crippen LogP contribution in [-0.4, -0.2) is 30.6 Å². The molecule has 1 spiro atoms. The summed E-state index contributed by atoms with van der Waals surface area (Å²) in [6, 6.07) is 0. The number of Topliss-reactive ketones (excluding diaryl/α,β-unsaturated/α-hetero) is 2. The van der Waals surface area contributed by atoms with Crippen LogP contribution in [0.25, 0.3) is 0 Å². The third-order valence-electron chi connectivity index (χ3n) is 8.99. The Kier molecular flexibility index (Phi) is 3.39. The highest BCUT2D eigenvalue weighted by Crippen LogP contribution is 2.68. The molecule has 0 amide bonds. The monoisotopic (exact) mass is 346 g/mol. The van der Waals surface area contributed by atoms with Gasteiger partial charge in [0, 0.05) is 37.0 Å². The van der Waals surface area contributed by atoms with E-state index in [9.17, 15) is 9.59 Å². The fraction of sp³-hybridized carbons (Fsp3) is 0.905. The van der Waals surface area contributed by atoms with Crippen LogP contribution in [0, 0.1) is 34.5 Å². The minimum Gasteiger partial charge on any atom is -0.347 e. The number of carbonyl (C=O) groups excluding carboxylic acids is 2. The highest BCUT2D eigenvalue weighted by atomic mass is 16.7. The highest BCUT2D eigenvalue weighted by Gasteiger charge is 2.68. The molecule has 5 rings (SSSR count). The molecule has 5 aliphatic rings. The summed E-state index contributed by atoms with van der Waals surface area (Å²) in [4.78, 5) is 24.9. The molecule has 138 valence electrons. The smallest absolute Gasteiger partial charge is 0.172 e. The largest absolute Gasteiger partial charge is 0.347 e. The van der Waals surface area contributed by atoms with Crippen LogP contribution in [0.2, 0.25) is 0 Å². The number of ketones is 2. The average Bonchev–Trinajstić information content (AvgIpc) is 3.16. The number of fused-ring (bicyclic) bond motifs is 6. The minimum atomic E-state index is -0.538. The maximum Gasteiger partial charge on any atom is 0.172 e. The predicted octanol–water partition coefficient (Wildman–Crippen LogP) is 3.52. The Morgan fingerprint density at radius 3 is 2.48 bits per heavy atom. The molecule has 1 heterocycles. The van der Waals surface area contributed by atoms with Crippen LogP contribution in [-0.2, 0) is 19.1 Å². The van der Waals surface area contributed by atoms with Crippen LogP contribution >= 0.6 is 0 Å². The molecular formula is C21H30O4. The number of carbonyl (C=O) groups is 2. The fourth-order valence-corrected chi connectivity index (χ4v) is 7.54. The molecule has 0 aromatic heterocycles. The predicted molar refractivity (Wildman–Crippen MR) is 91.8 cm³/mol. The van der Waals surface area contributed by atoms with E-state index < -0.39 is 5.79 Å². The molecule has 4 saturated carbocycles. The van der Waals surface area contributed by atoms with Crippen LogP contribution in [0.5, 0.6) is 0 Å². The molecule has 0 aromatic carbocycles. The maximum atomic E-state index is 12.7. The van der Waals surface area contributed by atoms with Gasteiger partial charge in [-0.1, -0.05) is 13.8 Å². The third kappa shape index (κ3) is 2.01. The summed E-state index contributed by atoms with van der Waals surface area (Å²) in [5.41, 5.74) is 0.0171. The first-order chi connectivity index (χ1) is 11.9. The van der Waals surface area contributed by atoms with E-state index >= 15 is 0 Å². The molecule has 0 radical (unpaired) electrons. The lowest BCUT2D eigenvalue weighted by Gasteiger charge is -2.63. The van der Waals surface area contributed by atoms with E-state index in [1.54, 1.807) is 0 Å². The third-order valence-corrected chi connectivity index (χ3v) is 8.99. The molecule has 0 N–H and O–H groups in total. The van der Waals surface area contributed by atoms with Crippen LogP contribution in [0.4, 0.5) is 0 Å². The van der Waals surface area contributed by atoms with E-state index in [2.05, 4.69) is 13.8 Å². The van der Waals surface area contributed by atoms with Crippen LogP contribution < -0.4 is 0 Å². The number of hydrogen-bond donors (Lipinski definition) is 0. The van der Waals surface area contributed by atoms with Gasteiger partial charge < -0.3 is 9.47 Å². The van der Waals surface area contributed by atoms with Crippen molar-refractivity contribution in [2.75, 3.05) is 13.2 Å². The molecule has 4 heteroatoms. The molecule has 0 aromatic rings. The molecule has 5 fully saturated rings. The second-order valence-corrected chi connectivity index (χ2v) is 9.82. The summed E-state index contributed by atoms with van der Waals surface area (Å²) < 4.78 is 12.6. The van der Waals surface area contributed by atoms with Gasteiger partial charge in [-0.2, -0.15) is 0 Å². The summed E-state index contributed by atoms with van der Waals surface area (Å²) in [5, 5.41) is 0. The van der Waals surface area contributed by atoms with Crippen molar-refractivity contribution in [3.8, 4) is 0 Å². The number of ether oxygens (including phenoxy) is 2. The van der Waals surface area contributed by atoms with Gasteiger partial charge in [-0.05, 0) is 48.9 Å². The Morgan fingerprint density at radius 1 is 0.960 bits per heavy atom. The van der Waals surface area contributed by atoms with Crippen LogP contribution in [0.1, 0.15) is 65.2 Å². The van der Waals surface area contributed by atoms with Crippen LogP contribution in [0.15, 0.2) is 0 Å². The molecule has 4 nitrogen and oxygen atoms in total. The molecule has 1 saturated heterocycles. The number of hydrogen-bond acceptors (Lipinski definition) is 4. The van der Waals surface area contributed by atoms with Crippen molar-refractivity contribution in [1.29, 1.82) is 0 Å². The SMILES string of the molecule is CC12CCC3C(C1CCC2=O)C1(CC2CC(=O)CCC23C)OCCO1. The van der Waals surface area contributed by atoms with E-state index in [4.69, 9.17) is 9.47 Å². The molecule has 6 unspecified atom stereocenters. The Labute approximate surface area is 150 Å². The normalized spacial score (nSPS) is 51.3. The molecule has 0 bridgehead atoms. The van der Waals surface area contributed by atoms with Gasteiger partial charge in [0.2, 0.25) is 0 Å². The van der Waals surface area contributed by atoms with Crippen molar-refractivity contribution >= 4 is 11.6 Å². The lowest BCUT2D eigenvalue weighted by Crippen LogP contribution is -2.63. The van der Waals surface area contributed by atoms with Gasteiger partial charge in [0.05, 0.1) is 13.2 Å². The van der Waals surface area contributed by atoms with Crippen molar-refractivity contribution in [3.05, 3.63) is 0 Å². The van der Waals surface area contributed by atoms with Gasteiger partial charge in [-0.3, -0.25) is 9.59 Å². The van der Waals surface area contributed by atoms with E-state index in [0.717, 1.165) is 44.9 Å². The minimum absolute atomic E-state index is 0.183. The number of rotatable bonds is 0. The van der Waals surface area contributed by atoms with E-state index in [1.165, 1.54) is 0 Å². The van der Waals surface area contributed by atoms with Crippen molar-refractivity contribution < 1.29 is 19.1 Å². The van der Waals surface area contributed by atoms with Gasteiger partial charge in [-0.15, -0.1) is 0 Å². The lowest BCUT2D eigenvalue weighted by atomic mass is 9.43. The standard InChI is InChI=1S/C21H30O4/c1-19-7-5-14(22)11-13(19)12-21(24-9-10-25-21)18-15-3-4-17(23)20(15,2)8-6-16(18)19/h13,15-16,18H,3-12H2,1-2H3. The summed E-state index contributed by atoms with van der Waals surface area (Å²) in [6.07, 6.45) is 7.07. The van der Waals surface area contributed by atoms with Gasteiger partial charge in [-0.25, -0.2) is 0 Å². The average molecular weight is 346 g/mol. The van der Waals surface area contributed by atoms with E-state index in [-0.39, 0.29) is 10.8 Å². The van der Waals surface area contributed by atoms with Gasteiger partial charge in [0.1, 0.15) is 11.6 Å². The van der Waals surface area contributed by atoms with Crippen molar-refractivity contribution in [1.82, 2.24) is 0 Å². The zero-order valence-corrected chi connectivity index (χ0v) is 15.5. The Hall–Kier alpha value is -0.740. The van der Waals surface area contributed by atoms with Gasteiger partial charge in [0.15, 0.2) is 5.79 Å². The molecule has 6 atom stereocenters. The van der Waals surface area contributed by atoms with Crippen molar-refractivity contribution in [3.63, 3.8) is 0 Å².